The van der Waals surface area contributed by atoms with Crippen molar-refractivity contribution in [1.29, 1.82) is 0 Å². The van der Waals surface area contributed by atoms with Gasteiger partial charge in [0.15, 0.2) is 0 Å². The van der Waals surface area contributed by atoms with Gasteiger partial charge in [-0.3, -0.25) is 0 Å². The van der Waals surface area contributed by atoms with Crippen molar-refractivity contribution in [3.8, 4) is 0 Å². The Morgan fingerprint density at radius 1 is 1.29 bits per heavy atom. The van der Waals surface area contributed by atoms with Gasteiger partial charge in [0.25, 0.3) is -0.379 Å². The summed E-state index contributed by atoms with van der Waals surface area (Å²) in [7, 11) is 0. The summed E-state index contributed by atoms with van der Waals surface area (Å²) in [4.78, 5) is 11.2. The van der Waals surface area contributed by atoms with E-state index in [2.05, 4.69) is 0 Å². The molecule has 14 heavy (non-hydrogen) atoms. The van der Waals surface area contributed by atoms with E-state index >= 15 is 0 Å². The largest absolute Gasteiger partial charge is 0.426 e. The first-order valence-corrected chi connectivity index (χ1v) is 7.44. The zero-order valence-corrected chi connectivity index (χ0v) is 15.4. The van der Waals surface area contributed by atoms with Crippen LogP contribution in [0, 0.1) is 0 Å². The van der Waals surface area contributed by atoms with Crippen LogP contribution in [0.25, 0.3) is 0 Å². The molecule has 0 atom stereocenters. The minimum Gasteiger partial charge on any atom is -0.426 e. The van der Waals surface area contributed by atoms with Crippen LogP contribution < -0.4 is 0 Å². The minimum absolute atomic E-state index is 0.320. The number of carbonyl (C=O) groups excluding carboxylic acids is 1. The molecule has 0 amide bonds. The Morgan fingerprint density at radius 2 is 1.71 bits per heavy atom. The molecule has 0 spiro atoms. The van der Waals surface area contributed by atoms with Crippen LogP contribution in [-0.4, -0.2) is 9.38 Å². The van der Waals surface area contributed by atoms with Crippen molar-refractivity contribution in [3.05, 3.63) is 11.6 Å². The molecule has 0 aliphatic carbocycles. The Morgan fingerprint density at radius 3 is 2.00 bits per heavy atom. The van der Waals surface area contributed by atoms with Gasteiger partial charge in [0.2, 0.25) is 3.79 Å². The molecular weight excluding hydrogens is 591 g/mol. The predicted octanol–water partition coefficient (Wildman–Crippen LogP) is 4.76. The van der Waals surface area contributed by atoms with Crippen molar-refractivity contribution in [2.75, 3.05) is 0 Å². The van der Waals surface area contributed by atoms with Crippen molar-refractivity contribution in [1.82, 2.24) is 0 Å². The number of halogens is 6. The molecule has 0 unspecified atom stereocenters. The monoisotopic (exact) mass is 594 g/mol. The lowest BCUT2D eigenvalue weighted by Crippen LogP contribution is -2.14. The van der Waals surface area contributed by atoms with Crippen LogP contribution in [-0.2, 0) is 9.53 Å². The van der Waals surface area contributed by atoms with E-state index in [1.165, 1.54) is 0 Å². The van der Waals surface area contributed by atoms with Crippen molar-refractivity contribution < 1.29 is 9.53 Å². The molecule has 8 heteroatoms. The first kappa shape index (κ1) is 16.3. The van der Waals surface area contributed by atoms with E-state index in [9.17, 15) is 4.79 Å². The molecular formula is C6H4Cl3I3O2. The number of hydrogen-bond acceptors (Lipinski definition) is 2. The summed E-state index contributed by atoms with van der Waals surface area (Å²) in [5, 5.41) is 0. The fourth-order valence-electron chi connectivity index (χ4n) is 0.402. The molecule has 0 saturated carbocycles. The van der Waals surface area contributed by atoms with Crippen LogP contribution >= 0.6 is 103 Å². The fraction of sp³-hybridized carbons (Fsp3) is 0.500. The van der Waals surface area contributed by atoms with Crippen LogP contribution in [0.3, 0.4) is 0 Å². The summed E-state index contributed by atoms with van der Waals surface area (Å²) < 4.78 is 2.78. The van der Waals surface area contributed by atoms with Gasteiger partial charge in [-0.25, -0.2) is 4.79 Å². The second-order valence-electron chi connectivity index (χ2n) is 2.19. The lowest BCUT2D eigenvalue weighted by molar-refractivity contribution is -0.136. The average molecular weight is 595 g/mol. The van der Waals surface area contributed by atoms with Crippen LogP contribution in [0.4, 0.5) is 0 Å². The van der Waals surface area contributed by atoms with Crippen molar-refractivity contribution in [2.45, 2.75) is 10.3 Å². The summed E-state index contributed by atoms with van der Waals surface area (Å²) in [5.41, 5.74) is 0.320. The number of allylic oxidation sites excluding steroid dienone is 1. The van der Waals surface area contributed by atoms with Gasteiger partial charge in [0, 0.05) is 6.08 Å². The number of hydrogen-bond donors (Lipinski definition) is 0. The van der Waals surface area contributed by atoms with E-state index in [4.69, 9.17) is 39.5 Å². The Hall–Kier alpha value is 2.27. The highest BCUT2D eigenvalue weighted by Crippen LogP contribution is 2.38. The zero-order chi connectivity index (χ0) is 11.6. The molecule has 0 aliphatic heterocycles. The topological polar surface area (TPSA) is 26.3 Å². The molecule has 0 heterocycles. The highest BCUT2D eigenvalue weighted by molar-refractivity contribution is 14.3. The third-order valence-corrected chi connectivity index (χ3v) is 2.55. The maximum atomic E-state index is 11.2. The van der Waals surface area contributed by atoms with E-state index in [0.717, 1.165) is 6.08 Å². The molecule has 2 nitrogen and oxygen atoms in total. The van der Waals surface area contributed by atoms with Crippen molar-refractivity contribution in [3.63, 3.8) is 0 Å². The van der Waals surface area contributed by atoms with Gasteiger partial charge in [0.1, 0.15) is 0 Å². The Kier molecular flexibility index (Phi) is 7.29. The Balaban J connectivity index is 4.46. The summed E-state index contributed by atoms with van der Waals surface area (Å²) in [6.45, 7) is 1.55. The smallest absolute Gasteiger partial charge is 0.333 e. The van der Waals surface area contributed by atoms with E-state index < -0.39 is 9.38 Å². The van der Waals surface area contributed by atoms with Gasteiger partial charge < -0.3 is 4.74 Å². The second-order valence-corrected chi connectivity index (χ2v) is 15.2. The van der Waals surface area contributed by atoms with Crippen molar-refractivity contribution in [2.24, 2.45) is 0 Å². The Labute approximate surface area is 138 Å². The molecule has 0 aliphatic rings. The fourth-order valence-corrected chi connectivity index (χ4v) is 1.22. The number of rotatable bonds is 2. The van der Waals surface area contributed by atoms with Gasteiger partial charge >= 0.3 is 5.97 Å². The summed E-state index contributed by atoms with van der Waals surface area (Å²) >= 11 is 22.5. The van der Waals surface area contributed by atoms with Gasteiger partial charge in [-0.2, -0.15) is 0 Å². The van der Waals surface area contributed by atoms with Gasteiger partial charge in [0.05, 0.1) is 0 Å². The molecule has 0 radical (unpaired) electrons. The van der Waals surface area contributed by atoms with Crippen LogP contribution in [0.1, 0.15) is 6.92 Å². The highest BCUT2D eigenvalue weighted by Gasteiger charge is 2.26. The molecule has 0 fully saturated rings. The van der Waals surface area contributed by atoms with Crippen LogP contribution in [0.5, 0.6) is 0 Å². The molecule has 0 aromatic carbocycles. The quantitative estimate of drug-likeness (QED) is 0.199. The van der Waals surface area contributed by atoms with Gasteiger partial charge in [-0.05, 0) is 80.3 Å². The van der Waals surface area contributed by atoms with Crippen LogP contribution in [0.15, 0.2) is 11.6 Å². The lowest BCUT2D eigenvalue weighted by atomic mass is 10.3. The SMILES string of the molecule is C/C(=C/C(=O)OC(I)(I)I)C(Cl)(Cl)Cl. The van der Waals surface area contributed by atoms with E-state index in [1.54, 1.807) is 6.92 Å². The highest BCUT2D eigenvalue weighted by atomic mass is 127. The number of carbonyl (C=O) groups is 1. The first-order chi connectivity index (χ1) is 6.02. The van der Waals surface area contributed by atoms with E-state index in [1.807, 2.05) is 67.8 Å². The molecule has 0 N–H and O–H groups in total. The molecule has 82 valence electrons. The van der Waals surface area contributed by atoms with Crippen molar-refractivity contribution >= 4 is 109 Å². The average Bonchev–Trinajstić information content (AvgIpc) is 1.79. The molecule has 0 bridgehead atoms. The maximum absolute atomic E-state index is 11.2. The Bertz CT molecular complexity index is 254. The second kappa shape index (κ2) is 6.27. The van der Waals surface area contributed by atoms with E-state index in [-0.39, 0.29) is 0 Å². The minimum atomic E-state index is -1.57. The molecule has 0 aromatic rings. The normalized spacial score (nSPS) is 14.1. The number of ether oxygens (including phenoxy) is 1. The molecule has 0 rings (SSSR count). The number of alkyl halides is 6. The molecule has 0 aromatic heterocycles. The van der Waals surface area contributed by atoms with Crippen LogP contribution in [0.2, 0.25) is 0 Å². The first-order valence-electron chi connectivity index (χ1n) is 3.07. The summed E-state index contributed by atoms with van der Waals surface area (Å²) in [5.74, 6) is -0.535. The zero-order valence-electron chi connectivity index (χ0n) is 6.66. The summed E-state index contributed by atoms with van der Waals surface area (Å²) in [6, 6.07) is 0. The third kappa shape index (κ3) is 8.43. The summed E-state index contributed by atoms with van der Waals surface area (Å²) in [6.07, 6.45) is 1.16. The predicted molar refractivity (Wildman–Crippen MR) is 84.9 cm³/mol. The third-order valence-electron chi connectivity index (χ3n) is 0.998. The standard InChI is InChI=1S/C6H4Cl3I3O2/c1-3(5(7,8)9)2-4(13)14-6(10,11)12/h2H,1H3/b3-2-. The lowest BCUT2D eigenvalue weighted by Gasteiger charge is -2.14. The van der Waals surface area contributed by atoms with Gasteiger partial charge in [-0.15, -0.1) is 0 Å². The maximum Gasteiger partial charge on any atom is 0.333 e. The molecule has 0 saturated heterocycles. The van der Waals surface area contributed by atoms with Gasteiger partial charge in [-0.1, -0.05) is 34.8 Å². The number of esters is 1. The van der Waals surface area contributed by atoms with E-state index in [0.29, 0.717) is 5.57 Å².